The minimum atomic E-state index is -0.422. The first kappa shape index (κ1) is 15.0. The maximum Gasteiger partial charge on any atom is 0.269 e. The fourth-order valence-electron chi connectivity index (χ4n) is 1.91. The van der Waals surface area contributed by atoms with Gasteiger partial charge in [-0.25, -0.2) is 0 Å². The van der Waals surface area contributed by atoms with E-state index in [0.717, 1.165) is 19.5 Å². The molecule has 0 saturated heterocycles. The van der Waals surface area contributed by atoms with E-state index in [9.17, 15) is 10.1 Å². The van der Waals surface area contributed by atoms with Crippen molar-refractivity contribution in [2.24, 2.45) is 0 Å². The number of benzene rings is 2. The standard InChI is InChI=1S/C16H18N2O3/c19-18(20)15-6-8-16(9-7-15)21-13-12-17-11-10-14-4-2-1-3-5-14/h1-9,17H,10-13H2. The van der Waals surface area contributed by atoms with E-state index >= 15 is 0 Å². The van der Waals surface area contributed by atoms with Gasteiger partial charge >= 0.3 is 0 Å². The number of nitrogens with one attached hydrogen (secondary N) is 1. The zero-order valence-electron chi connectivity index (χ0n) is 11.7. The van der Waals surface area contributed by atoms with Gasteiger partial charge in [0.1, 0.15) is 12.4 Å². The van der Waals surface area contributed by atoms with Crippen molar-refractivity contribution in [1.29, 1.82) is 0 Å². The van der Waals surface area contributed by atoms with Crippen molar-refractivity contribution in [3.63, 3.8) is 0 Å². The van der Waals surface area contributed by atoms with Crippen molar-refractivity contribution < 1.29 is 9.66 Å². The molecule has 5 heteroatoms. The van der Waals surface area contributed by atoms with Crippen molar-refractivity contribution in [3.05, 3.63) is 70.3 Å². The van der Waals surface area contributed by atoms with Gasteiger partial charge in [-0.15, -0.1) is 0 Å². The minimum absolute atomic E-state index is 0.0725. The molecule has 0 aliphatic carbocycles. The van der Waals surface area contributed by atoms with Crippen LogP contribution in [0.5, 0.6) is 5.75 Å². The van der Waals surface area contributed by atoms with Gasteiger partial charge < -0.3 is 10.1 Å². The van der Waals surface area contributed by atoms with Gasteiger partial charge in [0.05, 0.1) is 4.92 Å². The Morgan fingerprint density at radius 1 is 1.00 bits per heavy atom. The summed E-state index contributed by atoms with van der Waals surface area (Å²) in [6.45, 7) is 2.17. The topological polar surface area (TPSA) is 64.4 Å². The molecule has 110 valence electrons. The van der Waals surface area contributed by atoms with Gasteiger partial charge in [0.2, 0.25) is 0 Å². The maximum atomic E-state index is 10.5. The molecule has 0 aromatic heterocycles. The summed E-state index contributed by atoms with van der Waals surface area (Å²) in [7, 11) is 0. The average molecular weight is 286 g/mol. The summed E-state index contributed by atoms with van der Waals surface area (Å²) >= 11 is 0. The number of nitro benzene ring substituents is 1. The summed E-state index contributed by atoms with van der Waals surface area (Å²) in [4.78, 5) is 10.1. The van der Waals surface area contributed by atoms with Gasteiger partial charge in [0.15, 0.2) is 0 Å². The van der Waals surface area contributed by atoms with Gasteiger partial charge in [0, 0.05) is 18.7 Å². The molecule has 0 aliphatic rings. The van der Waals surface area contributed by atoms with Crippen molar-refractivity contribution in [3.8, 4) is 5.75 Å². The zero-order chi connectivity index (χ0) is 14.9. The lowest BCUT2D eigenvalue weighted by atomic mass is 10.1. The van der Waals surface area contributed by atoms with Crippen LogP contribution < -0.4 is 10.1 Å². The second kappa shape index (κ2) is 8.01. The fourth-order valence-corrected chi connectivity index (χ4v) is 1.91. The quantitative estimate of drug-likeness (QED) is 0.460. The molecule has 5 nitrogen and oxygen atoms in total. The third kappa shape index (κ3) is 5.24. The summed E-state index contributed by atoms with van der Waals surface area (Å²) < 4.78 is 5.51. The molecular weight excluding hydrogens is 268 g/mol. The average Bonchev–Trinajstić information content (AvgIpc) is 2.52. The molecule has 0 saturated carbocycles. The van der Waals surface area contributed by atoms with Crippen LogP contribution in [0.1, 0.15) is 5.56 Å². The van der Waals surface area contributed by atoms with Crippen molar-refractivity contribution in [2.75, 3.05) is 19.7 Å². The summed E-state index contributed by atoms with van der Waals surface area (Å²) in [5.74, 6) is 0.644. The van der Waals surface area contributed by atoms with Crippen LogP contribution in [0.2, 0.25) is 0 Å². The Balaban J connectivity index is 1.60. The van der Waals surface area contributed by atoms with Crippen molar-refractivity contribution in [1.82, 2.24) is 5.32 Å². The first-order valence-electron chi connectivity index (χ1n) is 6.87. The number of hydrogen-bond acceptors (Lipinski definition) is 4. The highest BCUT2D eigenvalue weighted by Gasteiger charge is 2.03. The fraction of sp³-hybridized carbons (Fsp3) is 0.250. The van der Waals surface area contributed by atoms with E-state index in [4.69, 9.17) is 4.74 Å². The van der Waals surface area contributed by atoms with E-state index in [1.54, 1.807) is 12.1 Å². The van der Waals surface area contributed by atoms with Crippen LogP contribution in [0.4, 0.5) is 5.69 Å². The first-order valence-corrected chi connectivity index (χ1v) is 6.87. The molecule has 0 bridgehead atoms. The van der Waals surface area contributed by atoms with Crippen LogP contribution in [0, 0.1) is 10.1 Å². The molecule has 2 aromatic carbocycles. The van der Waals surface area contributed by atoms with Gasteiger partial charge in [-0.3, -0.25) is 10.1 Å². The molecule has 2 rings (SSSR count). The molecule has 0 fully saturated rings. The van der Waals surface area contributed by atoms with E-state index < -0.39 is 4.92 Å². The molecule has 0 aliphatic heterocycles. The predicted molar refractivity (Wildman–Crippen MR) is 81.6 cm³/mol. The van der Waals surface area contributed by atoms with Gasteiger partial charge in [-0.2, -0.15) is 0 Å². The first-order chi connectivity index (χ1) is 10.3. The number of nitro groups is 1. The molecule has 0 atom stereocenters. The Kier molecular flexibility index (Phi) is 5.72. The van der Waals surface area contributed by atoms with Gasteiger partial charge in [-0.1, -0.05) is 30.3 Å². The lowest BCUT2D eigenvalue weighted by molar-refractivity contribution is -0.384. The van der Waals surface area contributed by atoms with Gasteiger partial charge in [0.25, 0.3) is 5.69 Å². The van der Waals surface area contributed by atoms with Crippen LogP contribution in [-0.2, 0) is 6.42 Å². The van der Waals surface area contributed by atoms with Crippen LogP contribution in [0.3, 0.4) is 0 Å². The lowest BCUT2D eigenvalue weighted by Gasteiger charge is -2.07. The zero-order valence-corrected chi connectivity index (χ0v) is 11.7. The summed E-state index contributed by atoms with van der Waals surface area (Å²) in [5, 5.41) is 13.8. The Labute approximate surface area is 123 Å². The lowest BCUT2D eigenvalue weighted by Crippen LogP contribution is -2.23. The Morgan fingerprint density at radius 2 is 1.71 bits per heavy atom. The Hall–Kier alpha value is -2.40. The highest BCUT2D eigenvalue weighted by Crippen LogP contribution is 2.16. The third-order valence-corrected chi connectivity index (χ3v) is 3.03. The highest BCUT2D eigenvalue weighted by atomic mass is 16.6. The second-order valence-corrected chi connectivity index (χ2v) is 4.59. The summed E-state index contributed by atoms with van der Waals surface area (Å²) in [6, 6.07) is 16.4. The molecule has 0 radical (unpaired) electrons. The Morgan fingerprint density at radius 3 is 2.38 bits per heavy atom. The smallest absolute Gasteiger partial charge is 0.269 e. The monoisotopic (exact) mass is 286 g/mol. The molecule has 0 heterocycles. The summed E-state index contributed by atoms with van der Waals surface area (Å²) in [6.07, 6.45) is 0.984. The Bertz CT molecular complexity index is 555. The molecule has 2 aromatic rings. The number of nitrogens with zero attached hydrogens (tertiary/aromatic N) is 1. The van der Waals surface area contributed by atoms with Crippen molar-refractivity contribution >= 4 is 5.69 Å². The van der Waals surface area contributed by atoms with Gasteiger partial charge in [-0.05, 0) is 30.7 Å². The summed E-state index contributed by atoms with van der Waals surface area (Å²) in [5.41, 5.74) is 1.38. The maximum absolute atomic E-state index is 10.5. The van der Waals surface area contributed by atoms with E-state index in [1.165, 1.54) is 17.7 Å². The van der Waals surface area contributed by atoms with E-state index in [0.29, 0.717) is 12.4 Å². The largest absolute Gasteiger partial charge is 0.492 e. The third-order valence-electron chi connectivity index (χ3n) is 3.03. The molecule has 1 N–H and O–H groups in total. The molecule has 0 unspecified atom stereocenters. The van der Waals surface area contributed by atoms with Crippen LogP contribution >= 0.6 is 0 Å². The van der Waals surface area contributed by atoms with Crippen molar-refractivity contribution in [2.45, 2.75) is 6.42 Å². The highest BCUT2D eigenvalue weighted by molar-refractivity contribution is 5.35. The SMILES string of the molecule is O=[N+]([O-])c1ccc(OCCNCCc2ccccc2)cc1. The van der Waals surface area contributed by atoms with Crippen LogP contribution in [0.15, 0.2) is 54.6 Å². The van der Waals surface area contributed by atoms with Crippen LogP contribution in [0.25, 0.3) is 0 Å². The van der Waals surface area contributed by atoms with E-state index in [1.807, 2.05) is 18.2 Å². The van der Waals surface area contributed by atoms with Crippen LogP contribution in [-0.4, -0.2) is 24.6 Å². The number of non-ortho nitro benzene ring substituents is 1. The molecular formula is C16H18N2O3. The van der Waals surface area contributed by atoms with E-state index in [2.05, 4.69) is 17.4 Å². The number of ether oxygens (including phenoxy) is 1. The molecule has 0 amide bonds. The van der Waals surface area contributed by atoms with E-state index in [-0.39, 0.29) is 5.69 Å². The number of rotatable bonds is 8. The molecule has 0 spiro atoms. The number of hydrogen-bond donors (Lipinski definition) is 1. The molecule has 21 heavy (non-hydrogen) atoms. The second-order valence-electron chi connectivity index (χ2n) is 4.59. The predicted octanol–water partition coefficient (Wildman–Crippen LogP) is 2.81. The minimum Gasteiger partial charge on any atom is -0.492 e. The normalized spacial score (nSPS) is 10.3.